The summed E-state index contributed by atoms with van der Waals surface area (Å²) in [5.41, 5.74) is 10.1. The molecule has 0 saturated carbocycles. The Morgan fingerprint density at radius 3 is 1.63 bits per heavy atom. The van der Waals surface area contributed by atoms with Crippen molar-refractivity contribution in [2.45, 2.75) is 21.3 Å². The molecule has 0 aromatic heterocycles. The van der Waals surface area contributed by atoms with Gasteiger partial charge in [0.2, 0.25) is 0 Å². The second-order valence-electron chi connectivity index (χ2n) is 6.38. The summed E-state index contributed by atoms with van der Waals surface area (Å²) in [5.74, 6) is 1.88. The summed E-state index contributed by atoms with van der Waals surface area (Å²) in [7, 11) is 0. The molecule has 134 valence electrons. The molecule has 0 saturated heterocycles. The molecular weight excluding hydrogens is 366 g/mol. The molecule has 0 heterocycles. The Morgan fingerprint density at radius 2 is 1.04 bits per heavy atom. The van der Waals surface area contributed by atoms with Crippen LogP contribution < -0.4 is 5.73 Å². The Morgan fingerprint density at radius 1 is 0.556 bits per heavy atom. The van der Waals surface area contributed by atoms with Gasteiger partial charge < -0.3 is 5.73 Å². The zero-order valence-electron chi connectivity index (χ0n) is 15.0. The number of rotatable bonds is 6. The van der Waals surface area contributed by atoms with Crippen molar-refractivity contribution in [2.75, 3.05) is 5.73 Å². The third-order valence-electron chi connectivity index (χ3n) is 4.48. The largest absolute Gasteiger partial charge is 0.397 e. The lowest BCUT2D eigenvalue weighted by Gasteiger charge is -2.14. The highest BCUT2D eigenvalue weighted by atomic mass is 32.2. The minimum atomic E-state index is 0.885. The van der Waals surface area contributed by atoms with Crippen LogP contribution in [0.25, 0.3) is 10.8 Å². The fourth-order valence-electron chi connectivity index (χ4n) is 3.05. The third kappa shape index (κ3) is 4.32. The van der Waals surface area contributed by atoms with Crippen molar-refractivity contribution >= 4 is 40.0 Å². The summed E-state index contributed by atoms with van der Waals surface area (Å²) in [4.78, 5) is 2.45. The Hall–Kier alpha value is -2.36. The number of thioether (sulfide) groups is 2. The lowest BCUT2D eigenvalue weighted by molar-refractivity contribution is 1.34. The van der Waals surface area contributed by atoms with Crippen LogP contribution in [0.3, 0.4) is 0 Å². The van der Waals surface area contributed by atoms with Gasteiger partial charge in [-0.05, 0) is 22.6 Å². The van der Waals surface area contributed by atoms with Gasteiger partial charge in [-0.15, -0.1) is 23.5 Å². The van der Waals surface area contributed by atoms with Gasteiger partial charge in [-0.2, -0.15) is 0 Å². The summed E-state index contributed by atoms with van der Waals surface area (Å²) < 4.78 is 0. The van der Waals surface area contributed by atoms with Gasteiger partial charge in [0.05, 0.1) is 5.69 Å². The highest BCUT2D eigenvalue weighted by Crippen LogP contribution is 2.40. The molecular formula is C24H21NS2. The smallest absolute Gasteiger partial charge is 0.0532 e. The van der Waals surface area contributed by atoms with Crippen LogP contribution in [0.1, 0.15) is 11.1 Å². The van der Waals surface area contributed by atoms with Crippen LogP contribution in [0.4, 0.5) is 5.69 Å². The second-order valence-corrected chi connectivity index (χ2v) is 8.41. The number of hydrogen-bond acceptors (Lipinski definition) is 3. The number of nitrogens with two attached hydrogens (primary N) is 1. The molecule has 4 aromatic rings. The number of anilines is 1. The number of benzene rings is 4. The Labute approximate surface area is 169 Å². The highest BCUT2D eigenvalue weighted by molar-refractivity contribution is 7.99. The Kier molecular flexibility index (Phi) is 5.71. The molecule has 0 aliphatic rings. The van der Waals surface area contributed by atoms with Crippen LogP contribution in [0, 0.1) is 0 Å². The molecule has 0 fully saturated rings. The summed E-state index contributed by atoms with van der Waals surface area (Å²) in [5, 5.41) is 2.38. The first-order valence-electron chi connectivity index (χ1n) is 8.96. The summed E-state index contributed by atoms with van der Waals surface area (Å²) >= 11 is 3.69. The first-order chi connectivity index (χ1) is 13.3. The van der Waals surface area contributed by atoms with E-state index < -0.39 is 0 Å². The maximum Gasteiger partial charge on any atom is 0.0532 e. The van der Waals surface area contributed by atoms with Crippen molar-refractivity contribution in [3.63, 3.8) is 0 Å². The van der Waals surface area contributed by atoms with E-state index in [4.69, 9.17) is 5.73 Å². The topological polar surface area (TPSA) is 26.0 Å². The quantitative estimate of drug-likeness (QED) is 0.285. The van der Waals surface area contributed by atoms with Gasteiger partial charge in [-0.1, -0.05) is 84.9 Å². The predicted octanol–water partition coefficient (Wildman–Crippen LogP) is 7.01. The molecule has 3 heteroatoms. The molecule has 27 heavy (non-hydrogen) atoms. The van der Waals surface area contributed by atoms with Crippen LogP contribution in [0.2, 0.25) is 0 Å². The van der Waals surface area contributed by atoms with E-state index in [1.165, 1.54) is 21.4 Å². The molecule has 0 bridgehead atoms. The van der Waals surface area contributed by atoms with E-state index in [9.17, 15) is 0 Å². The molecule has 0 atom stereocenters. The van der Waals surface area contributed by atoms with E-state index in [2.05, 4.69) is 91.0 Å². The van der Waals surface area contributed by atoms with Crippen molar-refractivity contribution in [2.24, 2.45) is 0 Å². The Balaban J connectivity index is 1.64. The van der Waals surface area contributed by atoms with E-state index in [1.54, 1.807) is 0 Å². The van der Waals surface area contributed by atoms with Gasteiger partial charge in [0.15, 0.2) is 0 Å². The third-order valence-corrected chi connectivity index (χ3v) is 6.74. The molecule has 0 radical (unpaired) electrons. The first-order valence-corrected chi connectivity index (χ1v) is 10.9. The van der Waals surface area contributed by atoms with E-state index in [1.807, 2.05) is 23.5 Å². The normalized spacial score (nSPS) is 11.0. The van der Waals surface area contributed by atoms with Crippen molar-refractivity contribution in [1.82, 2.24) is 0 Å². The summed E-state index contributed by atoms with van der Waals surface area (Å²) in [6.07, 6.45) is 0. The van der Waals surface area contributed by atoms with Crippen molar-refractivity contribution in [1.29, 1.82) is 0 Å². The zero-order chi connectivity index (χ0) is 18.5. The van der Waals surface area contributed by atoms with Crippen LogP contribution >= 0.6 is 23.5 Å². The highest BCUT2D eigenvalue weighted by Gasteiger charge is 2.11. The van der Waals surface area contributed by atoms with E-state index in [-0.39, 0.29) is 0 Å². The summed E-state index contributed by atoms with van der Waals surface area (Å²) in [6, 6.07) is 31.9. The fourth-order valence-corrected chi connectivity index (χ4v) is 5.15. The minimum Gasteiger partial charge on any atom is -0.397 e. The van der Waals surface area contributed by atoms with Crippen molar-refractivity contribution in [3.05, 3.63) is 102 Å². The van der Waals surface area contributed by atoms with Crippen molar-refractivity contribution in [3.8, 4) is 0 Å². The van der Waals surface area contributed by atoms with Gasteiger partial charge in [-0.3, -0.25) is 0 Å². The number of nitrogen functional groups attached to an aromatic ring is 1. The van der Waals surface area contributed by atoms with Gasteiger partial charge in [-0.25, -0.2) is 0 Å². The maximum absolute atomic E-state index is 6.53. The molecule has 1 nitrogen and oxygen atoms in total. The number of fused-ring (bicyclic) bond motifs is 1. The molecule has 0 aliphatic carbocycles. The van der Waals surface area contributed by atoms with Crippen molar-refractivity contribution < 1.29 is 0 Å². The maximum atomic E-state index is 6.53. The average molecular weight is 388 g/mol. The van der Waals surface area contributed by atoms with E-state index in [0.29, 0.717) is 0 Å². The van der Waals surface area contributed by atoms with E-state index >= 15 is 0 Å². The van der Waals surface area contributed by atoms with Crippen LogP contribution in [-0.4, -0.2) is 0 Å². The van der Waals surface area contributed by atoms with Gasteiger partial charge in [0.25, 0.3) is 0 Å². The van der Waals surface area contributed by atoms with Crippen LogP contribution in [0.5, 0.6) is 0 Å². The summed E-state index contributed by atoms with van der Waals surface area (Å²) in [6.45, 7) is 0. The van der Waals surface area contributed by atoms with Gasteiger partial charge >= 0.3 is 0 Å². The molecule has 0 unspecified atom stereocenters. The predicted molar refractivity (Wildman–Crippen MR) is 120 cm³/mol. The molecule has 0 aliphatic heterocycles. The molecule has 0 spiro atoms. The standard InChI is InChI=1S/C24H21NS2/c25-24-21-14-8-7-13-20(21)22(26-16-18-9-3-1-4-10-18)15-23(24)27-17-19-11-5-2-6-12-19/h1-15H,16-17,25H2. The lowest BCUT2D eigenvalue weighted by atomic mass is 10.1. The fraction of sp³-hybridized carbons (Fsp3) is 0.0833. The first kappa shape index (κ1) is 18.0. The SMILES string of the molecule is Nc1c(SCc2ccccc2)cc(SCc2ccccc2)c2ccccc12. The number of hydrogen-bond donors (Lipinski definition) is 1. The Bertz CT molecular complexity index is 1030. The molecule has 2 N–H and O–H groups in total. The van der Waals surface area contributed by atoms with E-state index in [0.717, 1.165) is 27.5 Å². The minimum absolute atomic E-state index is 0.885. The molecule has 0 amide bonds. The van der Waals surface area contributed by atoms with Gasteiger partial charge in [0.1, 0.15) is 0 Å². The van der Waals surface area contributed by atoms with Crippen LogP contribution in [0.15, 0.2) is 101 Å². The molecule has 4 aromatic carbocycles. The average Bonchev–Trinajstić information content (AvgIpc) is 2.74. The van der Waals surface area contributed by atoms with Gasteiger partial charge in [0, 0.05) is 26.7 Å². The molecule has 4 rings (SSSR count). The zero-order valence-corrected chi connectivity index (χ0v) is 16.6. The van der Waals surface area contributed by atoms with Crippen LogP contribution in [-0.2, 0) is 11.5 Å². The second kappa shape index (κ2) is 8.55. The monoisotopic (exact) mass is 387 g/mol. The lowest BCUT2D eigenvalue weighted by Crippen LogP contribution is -1.93.